The van der Waals surface area contributed by atoms with Gasteiger partial charge in [0, 0.05) is 17.1 Å². The molecule has 1 aromatic heterocycles. The van der Waals surface area contributed by atoms with E-state index < -0.39 is 6.09 Å². The van der Waals surface area contributed by atoms with E-state index >= 15 is 0 Å². The number of anilines is 1. The van der Waals surface area contributed by atoms with Gasteiger partial charge in [0.2, 0.25) is 0 Å². The Morgan fingerprint density at radius 2 is 1.76 bits per heavy atom. The second-order valence-electron chi connectivity index (χ2n) is 6.10. The highest BCUT2D eigenvalue weighted by Gasteiger charge is 2.18. The molecule has 0 bridgehead atoms. The number of methoxy groups -OCH3 is 1. The van der Waals surface area contributed by atoms with E-state index in [0.717, 1.165) is 16.0 Å². The van der Waals surface area contributed by atoms with Crippen molar-refractivity contribution in [1.82, 2.24) is 5.32 Å². The number of thiophene rings is 1. The molecule has 0 fully saturated rings. The van der Waals surface area contributed by atoms with Crippen LogP contribution in [0.4, 0.5) is 10.5 Å². The van der Waals surface area contributed by atoms with Gasteiger partial charge in [0.1, 0.15) is 10.6 Å². The first-order valence-corrected chi connectivity index (χ1v) is 9.96. The molecule has 6 nitrogen and oxygen atoms in total. The van der Waals surface area contributed by atoms with Gasteiger partial charge in [0.25, 0.3) is 5.91 Å². The zero-order valence-corrected chi connectivity index (χ0v) is 17.0. The molecule has 0 atom stereocenters. The monoisotopic (exact) mass is 410 g/mol. The summed E-state index contributed by atoms with van der Waals surface area (Å²) in [5.41, 5.74) is 2.58. The van der Waals surface area contributed by atoms with Crippen molar-refractivity contribution >= 4 is 29.0 Å². The van der Waals surface area contributed by atoms with Crippen LogP contribution >= 0.6 is 11.3 Å². The van der Waals surface area contributed by atoms with Gasteiger partial charge >= 0.3 is 6.09 Å². The molecule has 2 aromatic carbocycles. The van der Waals surface area contributed by atoms with Crippen molar-refractivity contribution in [1.29, 1.82) is 0 Å². The summed E-state index contributed by atoms with van der Waals surface area (Å²) in [6.45, 7) is 2.74. The van der Waals surface area contributed by atoms with Crippen molar-refractivity contribution in [2.45, 2.75) is 13.5 Å². The highest BCUT2D eigenvalue weighted by atomic mass is 32.1. The Labute approximate surface area is 173 Å². The maximum atomic E-state index is 12.8. The summed E-state index contributed by atoms with van der Waals surface area (Å²) in [6.07, 6.45) is -0.526. The molecule has 3 aromatic rings. The third-order valence-corrected chi connectivity index (χ3v) is 5.27. The lowest BCUT2D eigenvalue weighted by atomic mass is 10.2. The normalized spacial score (nSPS) is 10.3. The summed E-state index contributed by atoms with van der Waals surface area (Å²) >= 11 is 1.41. The van der Waals surface area contributed by atoms with Gasteiger partial charge in [-0.15, -0.1) is 11.3 Å². The largest absolute Gasteiger partial charge is 0.492 e. The molecular weight excluding hydrogens is 388 g/mol. The van der Waals surface area contributed by atoms with Crippen LogP contribution in [0.2, 0.25) is 0 Å². The molecule has 0 saturated heterocycles. The van der Waals surface area contributed by atoms with E-state index in [4.69, 9.17) is 4.74 Å². The fourth-order valence-electron chi connectivity index (χ4n) is 2.68. The van der Waals surface area contributed by atoms with Crippen LogP contribution < -0.4 is 15.4 Å². The van der Waals surface area contributed by atoms with E-state index in [0.29, 0.717) is 29.5 Å². The molecule has 2 N–H and O–H groups in total. The third kappa shape index (κ3) is 5.36. The SMILES string of the molecule is CCOc1cc(-c2ccccc2)sc1C(=O)NCc1ccc(NC(=O)OC)cc1. The Hall–Kier alpha value is -3.32. The lowest BCUT2D eigenvalue weighted by molar-refractivity contribution is 0.0951. The zero-order valence-electron chi connectivity index (χ0n) is 16.2. The minimum absolute atomic E-state index is 0.183. The van der Waals surface area contributed by atoms with Gasteiger partial charge in [0.15, 0.2) is 0 Å². The highest BCUT2D eigenvalue weighted by Crippen LogP contribution is 2.36. The van der Waals surface area contributed by atoms with Crippen LogP contribution in [0.15, 0.2) is 60.7 Å². The maximum Gasteiger partial charge on any atom is 0.411 e. The molecule has 0 spiro atoms. The summed E-state index contributed by atoms with van der Waals surface area (Å²) in [6, 6.07) is 19.0. The first kappa shape index (κ1) is 20.4. The average molecular weight is 410 g/mol. The molecule has 1 heterocycles. The summed E-state index contributed by atoms with van der Waals surface area (Å²) in [4.78, 5) is 25.5. The molecule has 0 saturated carbocycles. The van der Waals surface area contributed by atoms with Gasteiger partial charge in [-0.05, 0) is 36.2 Å². The van der Waals surface area contributed by atoms with Crippen molar-refractivity contribution in [2.24, 2.45) is 0 Å². The van der Waals surface area contributed by atoms with Crippen molar-refractivity contribution < 1.29 is 19.1 Å². The summed E-state index contributed by atoms with van der Waals surface area (Å²) in [5, 5.41) is 5.52. The van der Waals surface area contributed by atoms with Crippen LogP contribution in [0.5, 0.6) is 5.75 Å². The van der Waals surface area contributed by atoms with E-state index in [-0.39, 0.29) is 5.91 Å². The number of rotatable bonds is 7. The number of ether oxygens (including phenoxy) is 2. The molecular formula is C22H22N2O4S. The maximum absolute atomic E-state index is 12.8. The van der Waals surface area contributed by atoms with Crippen LogP contribution in [0.3, 0.4) is 0 Å². The molecule has 0 aliphatic carbocycles. The van der Waals surface area contributed by atoms with E-state index in [1.54, 1.807) is 12.1 Å². The number of hydrogen-bond donors (Lipinski definition) is 2. The van der Waals surface area contributed by atoms with Crippen LogP contribution in [0, 0.1) is 0 Å². The van der Waals surface area contributed by atoms with Gasteiger partial charge in [0.05, 0.1) is 13.7 Å². The number of amides is 2. The first-order valence-electron chi connectivity index (χ1n) is 9.15. The minimum Gasteiger partial charge on any atom is -0.492 e. The second-order valence-corrected chi connectivity index (χ2v) is 7.15. The van der Waals surface area contributed by atoms with Gasteiger partial charge < -0.3 is 14.8 Å². The average Bonchev–Trinajstić information content (AvgIpc) is 3.18. The number of benzene rings is 2. The van der Waals surface area contributed by atoms with Crippen LogP contribution in [-0.2, 0) is 11.3 Å². The standard InChI is InChI=1S/C22H22N2O4S/c1-3-28-18-13-19(16-7-5-4-6-8-16)29-20(18)21(25)23-14-15-9-11-17(12-10-15)24-22(26)27-2/h4-13H,3,14H2,1-2H3,(H,23,25)(H,24,26). The van der Waals surface area contributed by atoms with E-state index in [2.05, 4.69) is 15.4 Å². The van der Waals surface area contributed by atoms with Crippen molar-refractivity contribution in [3.63, 3.8) is 0 Å². The summed E-state index contributed by atoms with van der Waals surface area (Å²) in [5.74, 6) is 0.406. The van der Waals surface area contributed by atoms with Crippen LogP contribution in [0.25, 0.3) is 10.4 Å². The lowest BCUT2D eigenvalue weighted by Crippen LogP contribution is -2.22. The van der Waals surface area contributed by atoms with Gasteiger partial charge in [-0.2, -0.15) is 0 Å². The Balaban J connectivity index is 1.68. The van der Waals surface area contributed by atoms with E-state index in [1.165, 1.54) is 18.4 Å². The smallest absolute Gasteiger partial charge is 0.411 e. The molecule has 0 unspecified atom stereocenters. The van der Waals surface area contributed by atoms with Gasteiger partial charge in [-0.1, -0.05) is 42.5 Å². The van der Waals surface area contributed by atoms with Crippen molar-refractivity contribution in [3.05, 3.63) is 71.1 Å². The molecule has 0 aliphatic heterocycles. The number of carbonyl (C=O) groups excluding carboxylic acids is 2. The fraction of sp³-hybridized carbons (Fsp3) is 0.182. The topological polar surface area (TPSA) is 76.7 Å². The minimum atomic E-state index is -0.526. The third-order valence-electron chi connectivity index (χ3n) is 4.10. The highest BCUT2D eigenvalue weighted by molar-refractivity contribution is 7.17. The Bertz CT molecular complexity index is 968. The number of carbonyl (C=O) groups is 2. The van der Waals surface area contributed by atoms with Crippen molar-refractivity contribution in [3.8, 4) is 16.2 Å². The molecule has 0 aliphatic rings. The van der Waals surface area contributed by atoms with Crippen molar-refractivity contribution in [2.75, 3.05) is 19.0 Å². The summed E-state index contributed by atoms with van der Waals surface area (Å²) < 4.78 is 10.2. The van der Waals surface area contributed by atoms with Crippen LogP contribution in [0.1, 0.15) is 22.2 Å². The number of hydrogen-bond acceptors (Lipinski definition) is 5. The van der Waals surface area contributed by atoms with Gasteiger partial charge in [-0.3, -0.25) is 10.1 Å². The second kappa shape index (κ2) is 9.75. The Morgan fingerprint density at radius 1 is 1.03 bits per heavy atom. The predicted octanol–water partition coefficient (Wildman–Crippen LogP) is 4.92. The lowest BCUT2D eigenvalue weighted by Gasteiger charge is -2.08. The van der Waals surface area contributed by atoms with E-state index in [9.17, 15) is 9.59 Å². The Kier molecular flexibility index (Phi) is 6.86. The predicted molar refractivity (Wildman–Crippen MR) is 115 cm³/mol. The zero-order chi connectivity index (χ0) is 20.6. The molecule has 2 amide bonds. The molecule has 0 radical (unpaired) electrons. The number of nitrogens with one attached hydrogen (secondary N) is 2. The molecule has 29 heavy (non-hydrogen) atoms. The van der Waals surface area contributed by atoms with Crippen LogP contribution in [-0.4, -0.2) is 25.7 Å². The molecule has 3 rings (SSSR count). The Morgan fingerprint density at radius 3 is 2.41 bits per heavy atom. The first-order chi connectivity index (χ1) is 14.1. The summed E-state index contributed by atoms with van der Waals surface area (Å²) in [7, 11) is 1.31. The molecule has 150 valence electrons. The van der Waals surface area contributed by atoms with E-state index in [1.807, 2.05) is 55.5 Å². The van der Waals surface area contributed by atoms with Gasteiger partial charge in [-0.25, -0.2) is 4.79 Å². The molecule has 7 heteroatoms. The quantitative estimate of drug-likeness (QED) is 0.579. The fourth-order valence-corrected chi connectivity index (χ4v) is 3.70.